The second kappa shape index (κ2) is 3.23. The topological polar surface area (TPSA) is 38.1 Å². The fourth-order valence-electron chi connectivity index (χ4n) is 2.73. The van der Waals surface area contributed by atoms with E-state index in [2.05, 4.69) is 10.3 Å². The molecule has 1 aromatic rings. The van der Waals surface area contributed by atoms with Crippen molar-refractivity contribution >= 4 is 0 Å². The van der Waals surface area contributed by atoms with Crippen LogP contribution >= 0.6 is 0 Å². The lowest BCUT2D eigenvalue weighted by molar-refractivity contribution is -0.157. The third-order valence-electron chi connectivity index (χ3n) is 3.43. The van der Waals surface area contributed by atoms with E-state index in [0.29, 0.717) is 11.8 Å². The normalized spacial score (nSPS) is 33.6. The third-order valence-corrected chi connectivity index (χ3v) is 3.43. The molecule has 1 N–H and O–H groups in total. The van der Waals surface area contributed by atoms with Gasteiger partial charge in [-0.25, -0.2) is 4.98 Å². The Bertz CT molecular complexity index is 401. The number of rotatable bonds is 1. The summed E-state index contributed by atoms with van der Waals surface area (Å²) in [5.74, 6) is -0.709. The molecule has 0 aliphatic carbocycles. The first-order valence-electron chi connectivity index (χ1n) is 5.33. The van der Waals surface area contributed by atoms with E-state index >= 15 is 0 Å². The van der Waals surface area contributed by atoms with Crippen LogP contribution in [0.5, 0.6) is 0 Å². The number of nitrogens with one attached hydrogen (secondary N) is 1. The number of fused-ring (bicyclic) bond motifs is 2. The molecule has 3 nitrogen and oxygen atoms in total. The molecule has 3 heterocycles. The molecule has 16 heavy (non-hydrogen) atoms. The van der Waals surface area contributed by atoms with Gasteiger partial charge in [-0.2, -0.15) is 13.2 Å². The quantitative estimate of drug-likeness (QED) is 0.807. The number of alkyl halides is 3. The van der Waals surface area contributed by atoms with Gasteiger partial charge in [0.25, 0.3) is 0 Å². The van der Waals surface area contributed by atoms with Crippen molar-refractivity contribution in [3.05, 3.63) is 17.8 Å². The molecule has 0 aromatic carbocycles. The molecule has 2 fully saturated rings. The Kier molecular flexibility index (Phi) is 2.04. The van der Waals surface area contributed by atoms with E-state index in [1.165, 1.54) is 6.20 Å². The summed E-state index contributed by atoms with van der Waals surface area (Å²) in [6.45, 7) is 0. The van der Waals surface area contributed by atoms with Gasteiger partial charge in [0.15, 0.2) is 0 Å². The molecule has 2 aliphatic heterocycles. The van der Waals surface area contributed by atoms with Crippen LogP contribution in [0, 0.1) is 0 Å². The van der Waals surface area contributed by atoms with Crippen molar-refractivity contribution in [2.45, 2.75) is 43.4 Å². The van der Waals surface area contributed by atoms with Crippen LogP contribution < -0.4 is 5.32 Å². The van der Waals surface area contributed by atoms with Crippen LogP contribution in [0.25, 0.3) is 0 Å². The monoisotopic (exact) mass is 232 g/mol. The third kappa shape index (κ3) is 1.52. The Balaban J connectivity index is 1.83. The summed E-state index contributed by atoms with van der Waals surface area (Å²) >= 11 is 0. The van der Waals surface area contributed by atoms with E-state index in [9.17, 15) is 13.2 Å². The van der Waals surface area contributed by atoms with Crippen LogP contribution in [-0.4, -0.2) is 17.1 Å². The van der Waals surface area contributed by atoms with Crippen molar-refractivity contribution in [2.75, 3.05) is 0 Å². The predicted molar refractivity (Wildman–Crippen MR) is 48.8 cm³/mol. The average Bonchev–Trinajstić information content (AvgIpc) is 2.92. The highest BCUT2D eigenvalue weighted by Crippen LogP contribution is 2.41. The molecular formula is C10H11F3N2O. The van der Waals surface area contributed by atoms with E-state index < -0.39 is 12.1 Å². The number of halogens is 3. The van der Waals surface area contributed by atoms with Crippen molar-refractivity contribution in [1.29, 1.82) is 0 Å². The fraction of sp³-hybridized carbons (Fsp3) is 0.700. The van der Waals surface area contributed by atoms with Gasteiger partial charge < -0.3 is 9.73 Å². The molecule has 1 aromatic heterocycles. The summed E-state index contributed by atoms with van der Waals surface area (Å²) in [7, 11) is 0. The van der Waals surface area contributed by atoms with Crippen molar-refractivity contribution in [1.82, 2.24) is 10.3 Å². The minimum absolute atomic E-state index is 0.0577. The van der Waals surface area contributed by atoms with Gasteiger partial charge in [0.05, 0.1) is 6.20 Å². The molecule has 3 rings (SSSR count). The van der Waals surface area contributed by atoms with Gasteiger partial charge in [-0.15, -0.1) is 0 Å². The maximum Gasteiger partial charge on any atom is 0.468 e. The maximum absolute atomic E-state index is 12.3. The zero-order valence-corrected chi connectivity index (χ0v) is 8.42. The van der Waals surface area contributed by atoms with Gasteiger partial charge in [0, 0.05) is 18.0 Å². The lowest BCUT2D eigenvalue weighted by atomic mass is 9.88. The Hall–Kier alpha value is -1.04. The molecule has 0 spiro atoms. The van der Waals surface area contributed by atoms with Gasteiger partial charge >= 0.3 is 12.1 Å². The highest BCUT2D eigenvalue weighted by Gasteiger charge is 2.43. The predicted octanol–water partition coefficient (Wildman–Crippen LogP) is 2.30. The van der Waals surface area contributed by atoms with Crippen LogP contribution in [0.15, 0.2) is 10.6 Å². The lowest BCUT2D eigenvalue weighted by Crippen LogP contribution is -2.21. The Labute approximate surface area is 90.0 Å². The first-order valence-corrected chi connectivity index (χ1v) is 5.33. The van der Waals surface area contributed by atoms with Gasteiger partial charge in [0.1, 0.15) is 5.76 Å². The molecule has 2 bridgehead atoms. The van der Waals surface area contributed by atoms with Gasteiger partial charge in [-0.05, 0) is 19.3 Å². The van der Waals surface area contributed by atoms with Crippen molar-refractivity contribution in [2.24, 2.45) is 0 Å². The molecule has 0 radical (unpaired) electrons. The minimum Gasteiger partial charge on any atom is -0.438 e. The van der Waals surface area contributed by atoms with E-state index in [1.807, 2.05) is 0 Å². The standard InChI is InChI=1S/C10H11F3N2O/c11-10(12,13)9-14-4-8(16-9)6-3-5-1-2-7(6)15-5/h4-7,15H,1-3H2. The number of nitrogens with zero attached hydrogens (tertiary/aromatic N) is 1. The van der Waals surface area contributed by atoms with Gasteiger partial charge in [-0.1, -0.05) is 0 Å². The number of hydrogen-bond donors (Lipinski definition) is 1. The summed E-state index contributed by atoms with van der Waals surface area (Å²) in [6, 6.07) is 0.702. The van der Waals surface area contributed by atoms with Crippen LogP contribution in [0.2, 0.25) is 0 Å². The van der Waals surface area contributed by atoms with Gasteiger partial charge in [-0.3, -0.25) is 0 Å². The molecule has 6 heteroatoms. The highest BCUT2D eigenvalue weighted by molar-refractivity contribution is 5.14. The zero-order chi connectivity index (χ0) is 11.3. The van der Waals surface area contributed by atoms with Crippen LogP contribution in [0.1, 0.15) is 36.8 Å². The highest BCUT2D eigenvalue weighted by atomic mass is 19.4. The molecule has 2 aliphatic rings. The van der Waals surface area contributed by atoms with Crippen molar-refractivity contribution < 1.29 is 17.6 Å². The molecule has 0 amide bonds. The number of aromatic nitrogens is 1. The molecule has 3 atom stereocenters. The van der Waals surface area contributed by atoms with E-state index in [0.717, 1.165) is 19.3 Å². The first kappa shape index (κ1) is 10.1. The number of hydrogen-bond acceptors (Lipinski definition) is 3. The lowest BCUT2D eigenvalue weighted by Gasteiger charge is -2.16. The second-order valence-corrected chi connectivity index (χ2v) is 4.46. The zero-order valence-electron chi connectivity index (χ0n) is 8.42. The Morgan fingerprint density at radius 2 is 2.19 bits per heavy atom. The first-order chi connectivity index (χ1) is 7.54. The van der Waals surface area contributed by atoms with Crippen molar-refractivity contribution in [3.63, 3.8) is 0 Å². The van der Waals surface area contributed by atoms with E-state index in [4.69, 9.17) is 4.42 Å². The van der Waals surface area contributed by atoms with Crippen molar-refractivity contribution in [3.8, 4) is 0 Å². The van der Waals surface area contributed by atoms with Crippen LogP contribution in [-0.2, 0) is 6.18 Å². The van der Waals surface area contributed by atoms with E-state index in [-0.39, 0.29) is 12.0 Å². The number of oxazole rings is 1. The van der Waals surface area contributed by atoms with Gasteiger partial charge in [0.2, 0.25) is 0 Å². The Morgan fingerprint density at radius 3 is 2.69 bits per heavy atom. The fourth-order valence-corrected chi connectivity index (χ4v) is 2.73. The largest absolute Gasteiger partial charge is 0.468 e. The maximum atomic E-state index is 12.3. The average molecular weight is 232 g/mol. The molecule has 88 valence electrons. The van der Waals surface area contributed by atoms with Crippen LogP contribution in [0.3, 0.4) is 0 Å². The molecule has 2 saturated heterocycles. The summed E-state index contributed by atoms with van der Waals surface area (Å²) in [5, 5.41) is 3.36. The molecular weight excluding hydrogens is 221 g/mol. The summed E-state index contributed by atoms with van der Waals surface area (Å²) in [6.07, 6.45) is -0.283. The van der Waals surface area contributed by atoms with E-state index in [1.54, 1.807) is 0 Å². The molecule has 3 unspecified atom stereocenters. The summed E-state index contributed by atoms with van der Waals surface area (Å²) in [5.41, 5.74) is 0. The minimum atomic E-state index is -4.48. The second-order valence-electron chi connectivity index (χ2n) is 4.46. The Morgan fingerprint density at radius 1 is 1.38 bits per heavy atom. The molecule has 0 saturated carbocycles. The summed E-state index contributed by atoms with van der Waals surface area (Å²) in [4.78, 5) is 3.30. The summed E-state index contributed by atoms with van der Waals surface area (Å²) < 4.78 is 41.7. The smallest absolute Gasteiger partial charge is 0.438 e. The van der Waals surface area contributed by atoms with Crippen LogP contribution in [0.4, 0.5) is 13.2 Å². The SMILES string of the molecule is FC(F)(F)c1ncc(C2CC3CCC2N3)o1.